The van der Waals surface area contributed by atoms with E-state index in [2.05, 4.69) is 0 Å². The van der Waals surface area contributed by atoms with Crippen molar-refractivity contribution in [2.24, 2.45) is 0 Å². The first-order valence-corrected chi connectivity index (χ1v) is 17.3. The van der Waals surface area contributed by atoms with Gasteiger partial charge in [-0.2, -0.15) is 0 Å². The SMILES string of the molecule is COc1cc(C=O)cc(OC)c1OCc1cc(OC)c(OCc2cc(OC)c(OCc3cc(OC)c(OCc4ccccc4)c(OC)c3)c(OC)c2)c(OC)c1. The van der Waals surface area contributed by atoms with E-state index in [1.807, 2.05) is 42.5 Å². The van der Waals surface area contributed by atoms with Gasteiger partial charge in [0.25, 0.3) is 0 Å². The van der Waals surface area contributed by atoms with Crippen LogP contribution in [0.5, 0.6) is 69.0 Å². The minimum atomic E-state index is 0.0990. The Kier molecular flexibility index (Phi) is 14.2. The van der Waals surface area contributed by atoms with E-state index in [1.54, 1.807) is 64.8 Å². The van der Waals surface area contributed by atoms with Gasteiger partial charge in [-0.25, -0.2) is 0 Å². The summed E-state index contributed by atoms with van der Waals surface area (Å²) in [6, 6.07) is 23.8. The summed E-state index contributed by atoms with van der Waals surface area (Å²) in [5.41, 5.74) is 3.61. The van der Waals surface area contributed by atoms with Crippen molar-refractivity contribution in [2.75, 3.05) is 56.9 Å². The van der Waals surface area contributed by atoms with E-state index in [4.69, 9.17) is 56.8 Å². The lowest BCUT2D eigenvalue weighted by Crippen LogP contribution is -2.06. The van der Waals surface area contributed by atoms with E-state index < -0.39 is 0 Å². The highest BCUT2D eigenvalue weighted by Crippen LogP contribution is 2.44. The lowest BCUT2D eigenvalue weighted by Gasteiger charge is -2.19. The third-order valence-corrected chi connectivity index (χ3v) is 8.56. The van der Waals surface area contributed by atoms with Gasteiger partial charge in [0.05, 0.1) is 56.9 Å². The Hall–Kier alpha value is -6.63. The predicted octanol–water partition coefficient (Wildman–Crippen LogP) is 7.88. The molecule has 296 valence electrons. The van der Waals surface area contributed by atoms with E-state index in [-0.39, 0.29) is 19.8 Å². The van der Waals surface area contributed by atoms with Crippen molar-refractivity contribution in [3.63, 3.8) is 0 Å². The zero-order valence-corrected chi connectivity index (χ0v) is 32.7. The molecule has 0 bridgehead atoms. The topological polar surface area (TPSA) is 128 Å². The van der Waals surface area contributed by atoms with Gasteiger partial charge in [0.15, 0.2) is 46.0 Å². The van der Waals surface area contributed by atoms with Crippen molar-refractivity contribution >= 4 is 6.29 Å². The fourth-order valence-corrected chi connectivity index (χ4v) is 5.79. The first-order valence-electron chi connectivity index (χ1n) is 17.3. The Morgan fingerprint density at radius 3 is 0.857 bits per heavy atom. The Bertz CT molecular complexity index is 1980. The summed E-state index contributed by atoms with van der Waals surface area (Å²) in [6.45, 7) is 0.690. The van der Waals surface area contributed by atoms with E-state index in [9.17, 15) is 4.79 Å². The number of hydrogen-bond donors (Lipinski definition) is 0. The van der Waals surface area contributed by atoms with E-state index in [0.717, 1.165) is 16.7 Å². The first-order chi connectivity index (χ1) is 27.3. The van der Waals surface area contributed by atoms with Crippen molar-refractivity contribution < 1.29 is 61.6 Å². The number of rotatable bonds is 21. The molecule has 56 heavy (non-hydrogen) atoms. The normalized spacial score (nSPS) is 10.5. The highest BCUT2D eigenvalue weighted by atomic mass is 16.6. The van der Waals surface area contributed by atoms with Crippen molar-refractivity contribution in [1.82, 2.24) is 0 Å². The fraction of sp³-hybridized carbons (Fsp3) is 0.279. The van der Waals surface area contributed by atoms with Crippen molar-refractivity contribution in [3.8, 4) is 69.0 Å². The van der Waals surface area contributed by atoms with Gasteiger partial charge in [-0.1, -0.05) is 30.3 Å². The molecule has 5 aromatic carbocycles. The maximum Gasteiger partial charge on any atom is 0.203 e. The molecule has 0 N–H and O–H groups in total. The molecule has 0 aliphatic carbocycles. The summed E-state index contributed by atoms with van der Waals surface area (Å²) in [5.74, 6) is 5.02. The van der Waals surface area contributed by atoms with Gasteiger partial charge in [0.1, 0.15) is 32.7 Å². The molecule has 0 fully saturated rings. The van der Waals surface area contributed by atoms with Crippen LogP contribution >= 0.6 is 0 Å². The molecule has 0 aliphatic rings. The van der Waals surface area contributed by atoms with E-state index in [1.165, 1.54) is 28.4 Å². The van der Waals surface area contributed by atoms with Crippen LogP contribution in [-0.4, -0.2) is 63.2 Å². The van der Waals surface area contributed by atoms with Crippen molar-refractivity contribution in [2.45, 2.75) is 26.4 Å². The van der Waals surface area contributed by atoms with Crippen molar-refractivity contribution in [3.05, 3.63) is 107 Å². The average molecular weight is 771 g/mol. The lowest BCUT2D eigenvalue weighted by molar-refractivity contribution is 0.112. The maximum absolute atomic E-state index is 11.4. The second kappa shape index (κ2) is 19.6. The summed E-state index contributed by atoms with van der Waals surface area (Å²) in [4.78, 5) is 11.4. The first kappa shape index (κ1) is 40.6. The number of aldehydes is 1. The van der Waals surface area contributed by atoms with Gasteiger partial charge >= 0.3 is 0 Å². The van der Waals surface area contributed by atoms with Gasteiger partial charge in [0, 0.05) is 5.56 Å². The molecule has 0 spiro atoms. The molecule has 13 heteroatoms. The number of carbonyl (C=O) groups is 1. The second-order valence-corrected chi connectivity index (χ2v) is 12.0. The van der Waals surface area contributed by atoms with Gasteiger partial charge < -0.3 is 56.8 Å². The molecule has 0 unspecified atom stereocenters. The molecular weight excluding hydrogens is 724 g/mol. The number of carbonyl (C=O) groups excluding carboxylic acids is 1. The zero-order valence-electron chi connectivity index (χ0n) is 32.7. The number of benzene rings is 5. The predicted molar refractivity (Wildman–Crippen MR) is 207 cm³/mol. The van der Waals surface area contributed by atoms with Crippen LogP contribution in [0, 0.1) is 0 Å². The minimum Gasteiger partial charge on any atom is -0.493 e. The molecule has 13 nitrogen and oxygen atoms in total. The highest BCUT2D eigenvalue weighted by molar-refractivity contribution is 5.78. The van der Waals surface area contributed by atoms with Crippen molar-refractivity contribution in [1.29, 1.82) is 0 Å². The van der Waals surface area contributed by atoms with E-state index >= 15 is 0 Å². The number of hydrogen-bond acceptors (Lipinski definition) is 13. The van der Waals surface area contributed by atoms with Crippen LogP contribution in [-0.2, 0) is 26.4 Å². The standard InChI is InChI=1S/C43H46O13/c1-45-32-14-28(22-44)15-33(46-2)40(32)54-24-30-18-36(49-5)42(37(19-30)50-6)56-26-31-20-38(51-7)43(39(21-31)52-8)55-25-29-16-34(47-3)41(35(17-29)48-4)53-23-27-12-10-9-11-13-27/h9-22H,23-26H2,1-8H3. The molecule has 0 atom stereocenters. The fourth-order valence-electron chi connectivity index (χ4n) is 5.79. The molecule has 0 saturated carbocycles. The molecule has 0 heterocycles. The largest absolute Gasteiger partial charge is 0.493 e. The van der Waals surface area contributed by atoms with Gasteiger partial charge in [-0.3, -0.25) is 4.79 Å². The third kappa shape index (κ3) is 9.53. The smallest absolute Gasteiger partial charge is 0.203 e. The lowest BCUT2D eigenvalue weighted by atomic mass is 10.1. The van der Waals surface area contributed by atoms with Crippen LogP contribution in [0.3, 0.4) is 0 Å². The molecule has 0 aromatic heterocycles. The summed E-state index contributed by atoms with van der Waals surface area (Å²) in [7, 11) is 12.3. The molecule has 0 amide bonds. The summed E-state index contributed by atoms with van der Waals surface area (Å²) < 4.78 is 69.8. The molecule has 5 rings (SSSR count). The molecular formula is C43H46O13. The quantitative estimate of drug-likeness (QED) is 0.0672. The Morgan fingerprint density at radius 2 is 0.607 bits per heavy atom. The molecule has 5 aromatic rings. The number of ether oxygens (including phenoxy) is 12. The maximum atomic E-state index is 11.4. The van der Waals surface area contributed by atoms with Crippen LogP contribution in [0.1, 0.15) is 32.6 Å². The Morgan fingerprint density at radius 1 is 0.357 bits per heavy atom. The summed E-state index contributed by atoms with van der Waals surface area (Å²) >= 11 is 0. The third-order valence-electron chi connectivity index (χ3n) is 8.56. The second-order valence-electron chi connectivity index (χ2n) is 12.0. The Labute approximate surface area is 326 Å². The monoisotopic (exact) mass is 770 g/mol. The van der Waals surface area contributed by atoms with Gasteiger partial charge in [-0.15, -0.1) is 0 Å². The van der Waals surface area contributed by atoms with E-state index in [0.29, 0.717) is 93.0 Å². The number of methoxy groups -OCH3 is 8. The van der Waals surface area contributed by atoms with Crippen LogP contribution in [0.4, 0.5) is 0 Å². The minimum absolute atomic E-state index is 0.0990. The van der Waals surface area contributed by atoms with Crippen LogP contribution in [0.2, 0.25) is 0 Å². The molecule has 0 saturated heterocycles. The van der Waals surface area contributed by atoms with Crippen LogP contribution < -0.4 is 56.8 Å². The molecule has 0 radical (unpaired) electrons. The van der Waals surface area contributed by atoms with Crippen LogP contribution in [0.25, 0.3) is 0 Å². The summed E-state index contributed by atoms with van der Waals surface area (Å²) in [5, 5.41) is 0. The molecule has 0 aliphatic heterocycles. The van der Waals surface area contributed by atoms with Crippen LogP contribution in [0.15, 0.2) is 78.9 Å². The zero-order chi connectivity index (χ0) is 40.0. The van der Waals surface area contributed by atoms with Gasteiger partial charge in [0.2, 0.25) is 23.0 Å². The summed E-state index contributed by atoms with van der Waals surface area (Å²) in [6.07, 6.45) is 0.707. The average Bonchev–Trinajstić information content (AvgIpc) is 3.25. The van der Waals surface area contributed by atoms with Gasteiger partial charge in [-0.05, 0) is 70.8 Å². The Balaban J connectivity index is 1.32. The highest BCUT2D eigenvalue weighted by Gasteiger charge is 2.21.